The van der Waals surface area contributed by atoms with E-state index in [9.17, 15) is 9.59 Å². The van der Waals surface area contributed by atoms with Crippen molar-refractivity contribution in [3.05, 3.63) is 59.5 Å². The molecule has 4 aromatic rings. The van der Waals surface area contributed by atoms with Crippen molar-refractivity contribution in [1.82, 2.24) is 25.2 Å². The third-order valence-corrected chi connectivity index (χ3v) is 4.40. The Morgan fingerprint density at radius 2 is 2.12 bits per heavy atom. The standard InChI is InChI=1S/C16H13N5O2S/c22-14(7-10-9-21-5-6-24-16(21)18-10)19-20-15(23)12-8-17-13-4-2-1-3-11(12)13/h1-6,8-9,17H,7H2,(H,19,22)(H,20,23). The van der Waals surface area contributed by atoms with Crippen molar-refractivity contribution in [2.75, 3.05) is 0 Å². The quantitative estimate of drug-likeness (QED) is 0.498. The predicted molar refractivity (Wildman–Crippen MR) is 90.7 cm³/mol. The Bertz CT molecular complexity index is 1020. The van der Waals surface area contributed by atoms with Crippen molar-refractivity contribution in [2.45, 2.75) is 6.42 Å². The maximum absolute atomic E-state index is 12.2. The second-order valence-corrected chi connectivity index (χ2v) is 6.13. The van der Waals surface area contributed by atoms with Gasteiger partial charge in [-0.1, -0.05) is 18.2 Å². The molecule has 4 rings (SSSR count). The summed E-state index contributed by atoms with van der Waals surface area (Å²) in [6, 6.07) is 7.48. The highest BCUT2D eigenvalue weighted by atomic mass is 32.1. The Hall–Kier alpha value is -3.13. The van der Waals surface area contributed by atoms with E-state index < -0.39 is 0 Å². The number of amides is 2. The Morgan fingerprint density at radius 3 is 3.00 bits per heavy atom. The van der Waals surface area contributed by atoms with Crippen molar-refractivity contribution in [2.24, 2.45) is 0 Å². The molecule has 3 heterocycles. The SMILES string of the molecule is O=C(Cc1cn2ccsc2n1)NNC(=O)c1c[nH]c2ccccc12. The van der Waals surface area contributed by atoms with Crippen molar-refractivity contribution in [1.29, 1.82) is 0 Å². The van der Waals surface area contributed by atoms with E-state index in [-0.39, 0.29) is 18.2 Å². The molecule has 2 amide bonds. The van der Waals surface area contributed by atoms with Crippen LogP contribution in [0, 0.1) is 0 Å². The molecule has 0 saturated heterocycles. The minimum atomic E-state index is -0.369. The van der Waals surface area contributed by atoms with Gasteiger partial charge < -0.3 is 4.98 Å². The average molecular weight is 339 g/mol. The molecular weight excluding hydrogens is 326 g/mol. The number of H-pyrrole nitrogens is 1. The summed E-state index contributed by atoms with van der Waals surface area (Å²) in [4.78, 5) is 32.4. The van der Waals surface area contributed by atoms with E-state index in [1.807, 2.05) is 40.2 Å². The van der Waals surface area contributed by atoms with Gasteiger partial charge in [0.25, 0.3) is 5.91 Å². The van der Waals surface area contributed by atoms with E-state index in [2.05, 4.69) is 20.8 Å². The van der Waals surface area contributed by atoms with Gasteiger partial charge in [-0.2, -0.15) is 0 Å². The number of thiazole rings is 1. The zero-order valence-electron chi connectivity index (χ0n) is 12.4. The van der Waals surface area contributed by atoms with Crippen LogP contribution in [-0.4, -0.2) is 26.2 Å². The number of nitrogens with zero attached hydrogens (tertiary/aromatic N) is 2. The predicted octanol–water partition coefficient (Wildman–Crippen LogP) is 1.88. The summed E-state index contributed by atoms with van der Waals surface area (Å²) in [6.45, 7) is 0. The van der Waals surface area contributed by atoms with Crippen LogP contribution in [0.5, 0.6) is 0 Å². The molecule has 120 valence electrons. The number of fused-ring (bicyclic) bond motifs is 2. The van der Waals surface area contributed by atoms with E-state index in [0.717, 1.165) is 15.9 Å². The van der Waals surface area contributed by atoms with Crippen molar-refractivity contribution < 1.29 is 9.59 Å². The second-order valence-electron chi connectivity index (χ2n) is 5.25. The molecule has 0 fully saturated rings. The van der Waals surface area contributed by atoms with Crippen LogP contribution in [0.25, 0.3) is 15.9 Å². The first kappa shape index (κ1) is 14.5. The molecule has 8 heteroatoms. The van der Waals surface area contributed by atoms with Crippen LogP contribution >= 0.6 is 11.3 Å². The highest BCUT2D eigenvalue weighted by Crippen LogP contribution is 2.17. The number of benzene rings is 1. The highest BCUT2D eigenvalue weighted by molar-refractivity contribution is 7.15. The lowest BCUT2D eigenvalue weighted by Crippen LogP contribution is -2.42. The van der Waals surface area contributed by atoms with Crippen LogP contribution in [0.1, 0.15) is 16.1 Å². The van der Waals surface area contributed by atoms with Crippen LogP contribution in [0.3, 0.4) is 0 Å². The van der Waals surface area contributed by atoms with Gasteiger partial charge >= 0.3 is 0 Å². The summed E-state index contributed by atoms with van der Waals surface area (Å²) in [5.74, 6) is -0.694. The first-order valence-electron chi connectivity index (χ1n) is 7.27. The number of nitrogens with one attached hydrogen (secondary N) is 3. The zero-order valence-corrected chi connectivity index (χ0v) is 13.3. The van der Waals surface area contributed by atoms with E-state index in [0.29, 0.717) is 11.3 Å². The molecule has 0 aliphatic heterocycles. The molecule has 7 nitrogen and oxygen atoms in total. The largest absolute Gasteiger partial charge is 0.360 e. The summed E-state index contributed by atoms with van der Waals surface area (Å²) in [5, 5.41) is 2.73. The number of carbonyl (C=O) groups excluding carboxylic acids is 2. The summed E-state index contributed by atoms with van der Waals surface area (Å²) >= 11 is 1.50. The lowest BCUT2D eigenvalue weighted by Gasteiger charge is -2.05. The number of imidazole rings is 1. The monoisotopic (exact) mass is 339 g/mol. The number of rotatable bonds is 3. The Balaban J connectivity index is 1.39. The molecule has 0 saturated carbocycles. The average Bonchev–Trinajstić information content (AvgIpc) is 3.26. The zero-order chi connectivity index (χ0) is 16.5. The van der Waals surface area contributed by atoms with Crippen molar-refractivity contribution in [3.8, 4) is 0 Å². The van der Waals surface area contributed by atoms with E-state index in [4.69, 9.17) is 0 Å². The van der Waals surface area contributed by atoms with Crippen molar-refractivity contribution >= 4 is 39.0 Å². The fraction of sp³-hybridized carbons (Fsp3) is 0.0625. The number of aromatic amines is 1. The van der Waals surface area contributed by atoms with E-state index in [1.165, 1.54) is 11.3 Å². The third kappa shape index (κ3) is 2.63. The van der Waals surface area contributed by atoms with Gasteiger partial charge in [-0.25, -0.2) is 4.98 Å². The van der Waals surface area contributed by atoms with Gasteiger partial charge in [-0.05, 0) is 6.07 Å². The number of para-hydroxylation sites is 1. The highest BCUT2D eigenvalue weighted by Gasteiger charge is 2.13. The Morgan fingerprint density at radius 1 is 1.25 bits per heavy atom. The Kier molecular flexibility index (Phi) is 3.51. The van der Waals surface area contributed by atoms with Crippen LogP contribution in [0.2, 0.25) is 0 Å². The third-order valence-electron chi connectivity index (χ3n) is 3.63. The van der Waals surface area contributed by atoms with Crippen LogP contribution in [-0.2, 0) is 11.2 Å². The summed E-state index contributed by atoms with van der Waals surface area (Å²) in [6.07, 6.45) is 5.40. The number of hydrogen-bond acceptors (Lipinski definition) is 4. The molecule has 0 spiro atoms. The summed E-state index contributed by atoms with van der Waals surface area (Å²) < 4.78 is 1.86. The number of carbonyl (C=O) groups is 2. The number of aromatic nitrogens is 3. The minimum absolute atomic E-state index is 0.0998. The normalized spacial score (nSPS) is 11.0. The fourth-order valence-corrected chi connectivity index (χ4v) is 3.24. The molecule has 0 atom stereocenters. The van der Waals surface area contributed by atoms with E-state index in [1.54, 1.807) is 12.4 Å². The van der Waals surface area contributed by atoms with Gasteiger partial charge in [0, 0.05) is 34.9 Å². The molecule has 1 aromatic carbocycles. The van der Waals surface area contributed by atoms with Crippen LogP contribution in [0.15, 0.2) is 48.2 Å². The molecule has 0 aliphatic carbocycles. The van der Waals surface area contributed by atoms with Crippen LogP contribution in [0.4, 0.5) is 0 Å². The molecule has 3 aromatic heterocycles. The van der Waals surface area contributed by atoms with Gasteiger partial charge in [-0.3, -0.25) is 24.8 Å². The molecule has 0 aliphatic rings. The van der Waals surface area contributed by atoms with Gasteiger partial charge in [0.1, 0.15) is 0 Å². The molecule has 0 unspecified atom stereocenters. The first-order chi connectivity index (χ1) is 11.7. The lowest BCUT2D eigenvalue weighted by atomic mass is 10.2. The van der Waals surface area contributed by atoms with Gasteiger partial charge in [0.15, 0.2) is 4.96 Å². The maximum Gasteiger partial charge on any atom is 0.271 e. The molecule has 0 radical (unpaired) electrons. The topological polar surface area (TPSA) is 91.3 Å². The van der Waals surface area contributed by atoms with Crippen LogP contribution < -0.4 is 10.9 Å². The number of hydrazine groups is 1. The lowest BCUT2D eigenvalue weighted by molar-refractivity contribution is -0.121. The maximum atomic E-state index is 12.2. The summed E-state index contributed by atoms with van der Waals surface area (Å²) in [5.41, 5.74) is 6.86. The van der Waals surface area contributed by atoms with Gasteiger partial charge in [0.05, 0.1) is 17.7 Å². The van der Waals surface area contributed by atoms with Gasteiger partial charge in [0.2, 0.25) is 5.91 Å². The fourth-order valence-electron chi connectivity index (χ4n) is 2.52. The van der Waals surface area contributed by atoms with E-state index >= 15 is 0 Å². The molecule has 24 heavy (non-hydrogen) atoms. The smallest absolute Gasteiger partial charge is 0.271 e. The summed E-state index contributed by atoms with van der Waals surface area (Å²) in [7, 11) is 0. The second kappa shape index (κ2) is 5.82. The molecule has 3 N–H and O–H groups in total. The van der Waals surface area contributed by atoms with Gasteiger partial charge in [-0.15, -0.1) is 11.3 Å². The molecular formula is C16H13N5O2S. The van der Waals surface area contributed by atoms with Crippen molar-refractivity contribution in [3.63, 3.8) is 0 Å². The number of hydrogen-bond donors (Lipinski definition) is 3. The minimum Gasteiger partial charge on any atom is -0.360 e. The Labute approximate surface area is 140 Å². The first-order valence-corrected chi connectivity index (χ1v) is 8.15. The molecule has 0 bridgehead atoms.